The summed E-state index contributed by atoms with van der Waals surface area (Å²) in [5, 5.41) is 5.44. The maximum Gasteiger partial charge on any atom is 0.154 e. The zero-order chi connectivity index (χ0) is 21.5. The van der Waals surface area contributed by atoms with Gasteiger partial charge in [0.2, 0.25) is 0 Å². The maximum atomic E-state index is 13.3. The zero-order valence-electron chi connectivity index (χ0n) is 17.5. The van der Waals surface area contributed by atoms with Crippen molar-refractivity contribution in [2.75, 3.05) is 0 Å². The molecule has 0 aliphatic rings. The number of carbonyl (C=O) groups excluding carboxylic acids is 1. The minimum absolute atomic E-state index is 0.183. The molecule has 2 aromatic carbocycles. The van der Waals surface area contributed by atoms with E-state index in [9.17, 15) is 4.79 Å². The van der Waals surface area contributed by atoms with E-state index < -0.39 is 0 Å². The summed E-state index contributed by atoms with van der Waals surface area (Å²) in [5.41, 5.74) is 8.14. The van der Waals surface area contributed by atoms with Crippen molar-refractivity contribution in [3.8, 4) is 11.1 Å². The van der Waals surface area contributed by atoms with E-state index in [0.717, 1.165) is 33.6 Å². The molecule has 0 saturated carbocycles. The number of nitrogens with one attached hydrogen (secondary N) is 1. The van der Waals surface area contributed by atoms with Crippen molar-refractivity contribution in [1.29, 1.82) is 0 Å². The Morgan fingerprint density at radius 1 is 0.968 bits per heavy atom. The smallest absolute Gasteiger partial charge is 0.154 e. The lowest BCUT2D eigenvalue weighted by molar-refractivity contribution is -0.120. The largest absolute Gasteiger partial charge is 0.301 e. The predicted molar refractivity (Wildman–Crippen MR) is 126 cm³/mol. The van der Waals surface area contributed by atoms with E-state index in [4.69, 9.17) is 0 Å². The molecule has 1 N–H and O–H groups in total. The molecular formula is C26H25N3OS. The second-order valence-corrected chi connectivity index (χ2v) is 8.35. The fourth-order valence-electron chi connectivity index (χ4n) is 3.61. The minimum Gasteiger partial charge on any atom is -0.301 e. The second-order valence-electron chi connectivity index (χ2n) is 7.63. The molecule has 0 aliphatic heterocycles. The Morgan fingerprint density at radius 2 is 1.77 bits per heavy atom. The average Bonchev–Trinajstić information content (AvgIpc) is 3.31. The minimum atomic E-state index is -0.268. The van der Waals surface area contributed by atoms with Gasteiger partial charge in [0.15, 0.2) is 5.78 Å². The first-order chi connectivity index (χ1) is 15.2. The highest BCUT2D eigenvalue weighted by molar-refractivity contribution is 7.07. The lowest BCUT2D eigenvalue weighted by atomic mass is 9.95. The number of hydrogen-bond donors (Lipinski definition) is 1. The van der Waals surface area contributed by atoms with E-state index in [1.807, 2.05) is 60.4 Å². The third kappa shape index (κ3) is 5.94. The van der Waals surface area contributed by atoms with Crippen LogP contribution in [0.4, 0.5) is 0 Å². The molecule has 31 heavy (non-hydrogen) atoms. The normalized spacial score (nSPS) is 11.9. The molecule has 0 spiro atoms. The molecule has 0 bridgehead atoms. The Bertz CT molecular complexity index is 1130. The quantitative estimate of drug-likeness (QED) is 0.407. The first-order valence-corrected chi connectivity index (χ1v) is 11.3. The molecular weight excluding hydrogens is 402 g/mol. The highest BCUT2D eigenvalue weighted by Crippen LogP contribution is 2.21. The molecule has 4 rings (SSSR count). The molecule has 0 aliphatic carbocycles. The molecule has 156 valence electrons. The van der Waals surface area contributed by atoms with E-state index in [1.54, 1.807) is 11.3 Å². The molecule has 1 atom stereocenters. The predicted octanol–water partition coefficient (Wildman–Crippen LogP) is 5.03. The summed E-state index contributed by atoms with van der Waals surface area (Å²) in [5.74, 6) is 0.183. The number of benzene rings is 2. The van der Waals surface area contributed by atoms with Crippen LogP contribution in [0.2, 0.25) is 0 Å². The third-order valence-electron chi connectivity index (χ3n) is 5.22. The molecule has 2 heterocycles. The van der Waals surface area contributed by atoms with Gasteiger partial charge in [0.05, 0.1) is 17.2 Å². The Morgan fingerprint density at radius 3 is 2.55 bits per heavy atom. The van der Waals surface area contributed by atoms with Gasteiger partial charge in [-0.2, -0.15) is 0 Å². The van der Waals surface area contributed by atoms with Crippen LogP contribution in [-0.4, -0.2) is 21.8 Å². The number of aromatic nitrogens is 2. The Kier molecular flexibility index (Phi) is 6.97. The van der Waals surface area contributed by atoms with Gasteiger partial charge in [0, 0.05) is 30.2 Å². The SMILES string of the molecule is Cc1cc(-c2cccc(CC(=O)[C@H](Cc3ccccc3)NCc3cscn3)c2)ccn1. The van der Waals surface area contributed by atoms with E-state index in [2.05, 4.69) is 45.6 Å². The third-order valence-corrected chi connectivity index (χ3v) is 5.85. The first kappa shape index (κ1) is 21.1. The second kappa shape index (κ2) is 10.2. The highest BCUT2D eigenvalue weighted by Gasteiger charge is 2.19. The maximum absolute atomic E-state index is 13.3. The van der Waals surface area contributed by atoms with Crippen LogP contribution < -0.4 is 5.32 Å². The van der Waals surface area contributed by atoms with Gasteiger partial charge in [-0.15, -0.1) is 11.3 Å². The topological polar surface area (TPSA) is 54.9 Å². The molecule has 2 aromatic heterocycles. The van der Waals surface area contributed by atoms with Gasteiger partial charge in [0.25, 0.3) is 0 Å². The monoisotopic (exact) mass is 427 g/mol. The van der Waals surface area contributed by atoms with Crippen molar-refractivity contribution in [3.63, 3.8) is 0 Å². The summed E-state index contributed by atoms with van der Waals surface area (Å²) in [7, 11) is 0. The van der Waals surface area contributed by atoms with Crippen LogP contribution in [0.15, 0.2) is 83.8 Å². The van der Waals surface area contributed by atoms with Gasteiger partial charge in [-0.25, -0.2) is 4.98 Å². The zero-order valence-corrected chi connectivity index (χ0v) is 18.3. The van der Waals surface area contributed by atoms with Crippen LogP contribution in [0.1, 0.15) is 22.5 Å². The number of ketones is 1. The van der Waals surface area contributed by atoms with Crippen LogP contribution in [0.3, 0.4) is 0 Å². The van der Waals surface area contributed by atoms with Crippen LogP contribution >= 0.6 is 11.3 Å². The standard InChI is InChI=1S/C26H25N3OS/c1-19-12-23(10-11-27-19)22-9-5-8-21(13-22)15-26(30)25(14-20-6-3-2-4-7-20)28-16-24-17-31-18-29-24/h2-13,17-18,25,28H,14-16H2,1H3/t25-/m0/s1. The molecule has 0 fully saturated rings. The Labute approximate surface area is 187 Å². The molecule has 4 aromatic rings. The molecule has 5 heteroatoms. The van der Waals surface area contributed by atoms with Gasteiger partial charge < -0.3 is 5.32 Å². The number of pyridine rings is 1. The molecule has 0 unspecified atom stereocenters. The molecule has 0 saturated heterocycles. The number of Topliss-reactive ketones (excluding diaryl/α,β-unsaturated/α-hetero) is 1. The average molecular weight is 428 g/mol. The number of rotatable bonds is 9. The summed E-state index contributed by atoms with van der Waals surface area (Å²) in [4.78, 5) is 21.9. The van der Waals surface area contributed by atoms with Gasteiger partial charge in [-0.05, 0) is 47.7 Å². The van der Waals surface area contributed by atoms with Crippen LogP contribution in [0, 0.1) is 6.92 Å². The van der Waals surface area contributed by atoms with Gasteiger partial charge >= 0.3 is 0 Å². The highest BCUT2D eigenvalue weighted by atomic mass is 32.1. The Hall–Kier alpha value is -3.15. The van der Waals surface area contributed by atoms with E-state index in [1.165, 1.54) is 0 Å². The van der Waals surface area contributed by atoms with Crippen molar-refractivity contribution in [2.24, 2.45) is 0 Å². The fraction of sp³-hybridized carbons (Fsp3) is 0.192. The fourth-order valence-corrected chi connectivity index (χ4v) is 4.17. The van der Waals surface area contributed by atoms with Crippen molar-refractivity contribution in [1.82, 2.24) is 15.3 Å². The van der Waals surface area contributed by atoms with Crippen molar-refractivity contribution < 1.29 is 4.79 Å². The number of nitrogens with zero attached hydrogens (tertiary/aromatic N) is 2. The molecule has 0 amide bonds. The lowest BCUT2D eigenvalue weighted by Gasteiger charge is -2.18. The summed E-state index contributed by atoms with van der Waals surface area (Å²) >= 11 is 1.57. The number of aryl methyl sites for hydroxylation is 1. The van der Waals surface area contributed by atoms with Gasteiger partial charge in [-0.1, -0.05) is 54.6 Å². The molecule has 4 nitrogen and oxygen atoms in total. The van der Waals surface area contributed by atoms with E-state index in [0.29, 0.717) is 19.4 Å². The van der Waals surface area contributed by atoms with E-state index >= 15 is 0 Å². The van der Waals surface area contributed by atoms with Crippen molar-refractivity contribution in [3.05, 3.63) is 106 Å². The number of thiazole rings is 1. The summed E-state index contributed by atoms with van der Waals surface area (Å²) < 4.78 is 0. The lowest BCUT2D eigenvalue weighted by Crippen LogP contribution is -2.39. The summed E-state index contributed by atoms with van der Waals surface area (Å²) in [6, 6.07) is 22.2. The van der Waals surface area contributed by atoms with Crippen molar-refractivity contribution >= 4 is 17.1 Å². The number of carbonyl (C=O) groups is 1. The van der Waals surface area contributed by atoms with E-state index in [-0.39, 0.29) is 11.8 Å². The number of hydrogen-bond acceptors (Lipinski definition) is 5. The molecule has 0 radical (unpaired) electrons. The summed E-state index contributed by atoms with van der Waals surface area (Å²) in [6.07, 6.45) is 2.87. The van der Waals surface area contributed by atoms with Crippen LogP contribution in [-0.2, 0) is 24.2 Å². The Balaban J connectivity index is 1.50. The van der Waals surface area contributed by atoms with Gasteiger partial charge in [-0.3, -0.25) is 9.78 Å². The first-order valence-electron chi connectivity index (χ1n) is 10.4. The van der Waals surface area contributed by atoms with Crippen LogP contribution in [0.25, 0.3) is 11.1 Å². The summed E-state index contributed by atoms with van der Waals surface area (Å²) in [6.45, 7) is 2.57. The van der Waals surface area contributed by atoms with Crippen molar-refractivity contribution in [2.45, 2.75) is 32.4 Å². The van der Waals surface area contributed by atoms with Crippen LogP contribution in [0.5, 0.6) is 0 Å². The van der Waals surface area contributed by atoms with Gasteiger partial charge in [0.1, 0.15) is 0 Å².